The molecule has 1 N–H and O–H groups in total. The molecule has 2 rings (SSSR count). The van der Waals surface area contributed by atoms with Crippen LogP contribution in [-0.2, 0) is 10.2 Å². The van der Waals surface area contributed by atoms with E-state index < -0.39 is 10.2 Å². The largest absolute Gasteiger partial charge is 0.301 e. The molecule has 0 amide bonds. The number of nitrogens with zero attached hydrogens (tertiary/aromatic N) is 1. The smallest absolute Gasteiger partial charge is 0.271 e. The van der Waals surface area contributed by atoms with E-state index in [9.17, 15) is 8.42 Å². The van der Waals surface area contributed by atoms with E-state index >= 15 is 0 Å². The van der Waals surface area contributed by atoms with E-state index in [4.69, 9.17) is 0 Å². The number of hydrogen-bond donors (Lipinski definition) is 1. The van der Waals surface area contributed by atoms with E-state index in [1.165, 1.54) is 0 Å². The summed E-state index contributed by atoms with van der Waals surface area (Å²) in [4.78, 5) is 0. The molecule has 1 aromatic carbocycles. The first kappa shape index (κ1) is 14.3. The fraction of sp³-hybridized carbons (Fsp3) is 0.571. The Balaban J connectivity index is 2.15. The average Bonchev–Trinajstić information content (AvgIpc) is 2.62. The predicted octanol–water partition coefficient (Wildman–Crippen LogP) is 2.84. The summed E-state index contributed by atoms with van der Waals surface area (Å²) in [5.41, 5.74) is 2.77. The Bertz CT molecular complexity index is 532. The zero-order chi connectivity index (χ0) is 13.9. The van der Waals surface area contributed by atoms with Gasteiger partial charge in [0.05, 0.1) is 5.69 Å². The minimum absolute atomic E-state index is 0.625. The first-order valence-electron chi connectivity index (χ1n) is 6.84. The maximum Gasteiger partial charge on any atom is 0.301 e. The van der Waals surface area contributed by atoms with Crippen LogP contribution in [0.3, 0.4) is 0 Å². The molecule has 0 saturated carbocycles. The Morgan fingerprint density at radius 1 is 1.05 bits per heavy atom. The van der Waals surface area contributed by atoms with Crippen LogP contribution in [0.25, 0.3) is 0 Å². The molecule has 1 aliphatic heterocycles. The number of nitrogens with one attached hydrogen (secondary N) is 1. The Labute approximate surface area is 116 Å². The lowest BCUT2D eigenvalue weighted by atomic mass is 10.1. The lowest BCUT2D eigenvalue weighted by Crippen LogP contribution is -2.36. The highest BCUT2D eigenvalue weighted by molar-refractivity contribution is 7.90. The zero-order valence-electron chi connectivity index (χ0n) is 11.6. The normalized spacial score (nSPS) is 18.0. The summed E-state index contributed by atoms with van der Waals surface area (Å²) < 4.78 is 29.0. The van der Waals surface area contributed by atoms with Crippen LogP contribution in [-0.4, -0.2) is 25.8 Å². The molecule has 0 radical (unpaired) electrons. The van der Waals surface area contributed by atoms with Crippen molar-refractivity contribution in [3.8, 4) is 0 Å². The fourth-order valence-corrected chi connectivity index (χ4v) is 3.79. The van der Waals surface area contributed by atoms with Crippen molar-refractivity contribution in [2.75, 3.05) is 17.8 Å². The highest BCUT2D eigenvalue weighted by atomic mass is 32.2. The molecule has 4 nitrogen and oxygen atoms in total. The number of hydrogen-bond acceptors (Lipinski definition) is 2. The van der Waals surface area contributed by atoms with Gasteiger partial charge in [-0.25, -0.2) is 0 Å². The van der Waals surface area contributed by atoms with Crippen LogP contribution in [0.1, 0.15) is 36.8 Å². The van der Waals surface area contributed by atoms with Gasteiger partial charge in [-0.3, -0.25) is 4.72 Å². The van der Waals surface area contributed by atoms with Gasteiger partial charge < -0.3 is 0 Å². The number of rotatable bonds is 3. The summed E-state index contributed by atoms with van der Waals surface area (Å²) in [6.45, 7) is 5.17. The molecular formula is C14H22N2O2S. The van der Waals surface area contributed by atoms with Crippen LogP contribution in [0.15, 0.2) is 18.2 Å². The molecule has 106 valence electrons. The Morgan fingerprint density at radius 3 is 2.26 bits per heavy atom. The van der Waals surface area contributed by atoms with Crippen LogP contribution in [0.2, 0.25) is 0 Å². The predicted molar refractivity (Wildman–Crippen MR) is 78.5 cm³/mol. The molecule has 1 aromatic rings. The second kappa shape index (κ2) is 5.92. The van der Waals surface area contributed by atoms with Crippen LogP contribution in [0.4, 0.5) is 5.69 Å². The summed E-state index contributed by atoms with van der Waals surface area (Å²) >= 11 is 0. The van der Waals surface area contributed by atoms with Gasteiger partial charge in [-0.1, -0.05) is 30.5 Å². The lowest BCUT2D eigenvalue weighted by molar-refractivity contribution is 0.427. The summed E-state index contributed by atoms with van der Waals surface area (Å²) in [5.74, 6) is 0. The third-order valence-corrected chi connectivity index (χ3v) is 5.05. The Hall–Kier alpha value is -1.07. The maximum absolute atomic E-state index is 12.4. The third kappa shape index (κ3) is 3.70. The van der Waals surface area contributed by atoms with Crippen molar-refractivity contribution in [3.63, 3.8) is 0 Å². The van der Waals surface area contributed by atoms with Gasteiger partial charge in [-0.15, -0.1) is 0 Å². The topological polar surface area (TPSA) is 49.4 Å². The van der Waals surface area contributed by atoms with Crippen LogP contribution in [0.5, 0.6) is 0 Å². The second-order valence-electron chi connectivity index (χ2n) is 5.24. The second-order valence-corrected chi connectivity index (χ2v) is 6.91. The highest BCUT2D eigenvalue weighted by Crippen LogP contribution is 2.20. The molecule has 1 heterocycles. The zero-order valence-corrected chi connectivity index (χ0v) is 12.5. The standard InChI is InChI=1S/C14H22N2O2S/c1-12-7-8-14(13(2)11-12)15-19(17,18)16-9-5-3-4-6-10-16/h7-8,11,15H,3-6,9-10H2,1-2H3. The fourth-order valence-electron chi connectivity index (χ4n) is 2.41. The van der Waals surface area contributed by atoms with Gasteiger partial charge in [-0.2, -0.15) is 12.7 Å². The van der Waals surface area contributed by atoms with Crippen molar-refractivity contribution in [2.45, 2.75) is 39.5 Å². The highest BCUT2D eigenvalue weighted by Gasteiger charge is 2.23. The number of benzene rings is 1. The molecule has 1 fully saturated rings. The van der Waals surface area contributed by atoms with E-state index in [1.807, 2.05) is 32.0 Å². The summed E-state index contributed by atoms with van der Waals surface area (Å²) in [6.07, 6.45) is 4.15. The molecule has 1 saturated heterocycles. The van der Waals surface area contributed by atoms with Gasteiger partial charge in [0.15, 0.2) is 0 Å². The Morgan fingerprint density at radius 2 is 1.68 bits per heavy atom. The van der Waals surface area contributed by atoms with Gasteiger partial charge in [-0.05, 0) is 38.3 Å². The van der Waals surface area contributed by atoms with E-state index in [0.29, 0.717) is 18.8 Å². The van der Waals surface area contributed by atoms with Gasteiger partial charge in [0.2, 0.25) is 0 Å². The monoisotopic (exact) mass is 282 g/mol. The molecule has 0 aliphatic carbocycles. The van der Waals surface area contributed by atoms with Crippen LogP contribution in [0, 0.1) is 13.8 Å². The van der Waals surface area contributed by atoms with E-state index in [2.05, 4.69) is 4.72 Å². The van der Waals surface area contributed by atoms with Gasteiger partial charge in [0, 0.05) is 13.1 Å². The van der Waals surface area contributed by atoms with Crippen molar-refractivity contribution in [3.05, 3.63) is 29.3 Å². The summed E-state index contributed by atoms with van der Waals surface area (Å²) in [6, 6.07) is 5.74. The lowest BCUT2D eigenvalue weighted by Gasteiger charge is -2.21. The molecule has 5 heteroatoms. The molecule has 0 spiro atoms. The maximum atomic E-state index is 12.4. The third-order valence-electron chi connectivity index (χ3n) is 3.53. The number of anilines is 1. The van der Waals surface area contributed by atoms with Crippen molar-refractivity contribution in [1.82, 2.24) is 4.31 Å². The van der Waals surface area contributed by atoms with E-state index in [1.54, 1.807) is 4.31 Å². The first-order chi connectivity index (χ1) is 8.99. The molecule has 0 bridgehead atoms. The molecule has 0 atom stereocenters. The SMILES string of the molecule is Cc1ccc(NS(=O)(=O)N2CCCCCC2)c(C)c1. The first-order valence-corrected chi connectivity index (χ1v) is 8.28. The number of aryl methyl sites for hydroxylation is 2. The molecule has 1 aliphatic rings. The Kier molecular flexibility index (Phi) is 4.47. The van der Waals surface area contributed by atoms with Crippen LogP contribution >= 0.6 is 0 Å². The van der Waals surface area contributed by atoms with E-state index in [0.717, 1.165) is 36.8 Å². The minimum Gasteiger partial charge on any atom is -0.271 e. The molecule has 0 unspecified atom stereocenters. The van der Waals surface area contributed by atoms with Gasteiger partial charge >= 0.3 is 10.2 Å². The van der Waals surface area contributed by atoms with Crippen molar-refractivity contribution < 1.29 is 8.42 Å². The van der Waals surface area contributed by atoms with Gasteiger partial charge in [0.25, 0.3) is 0 Å². The summed E-state index contributed by atoms with van der Waals surface area (Å²) in [7, 11) is -3.41. The summed E-state index contributed by atoms with van der Waals surface area (Å²) in [5, 5.41) is 0. The average molecular weight is 282 g/mol. The van der Waals surface area contributed by atoms with Crippen LogP contribution < -0.4 is 4.72 Å². The van der Waals surface area contributed by atoms with Crippen molar-refractivity contribution in [1.29, 1.82) is 0 Å². The quantitative estimate of drug-likeness (QED) is 0.926. The van der Waals surface area contributed by atoms with Crippen molar-refractivity contribution >= 4 is 15.9 Å². The molecule has 19 heavy (non-hydrogen) atoms. The molecular weight excluding hydrogens is 260 g/mol. The van der Waals surface area contributed by atoms with E-state index in [-0.39, 0.29) is 0 Å². The van der Waals surface area contributed by atoms with Gasteiger partial charge in [0.1, 0.15) is 0 Å². The molecule has 0 aromatic heterocycles. The minimum atomic E-state index is -3.41. The van der Waals surface area contributed by atoms with Crippen molar-refractivity contribution in [2.24, 2.45) is 0 Å².